The van der Waals surface area contributed by atoms with E-state index in [1.54, 1.807) is 24.3 Å². The Hall–Kier alpha value is -2.99. The normalized spacial score (nSPS) is 13.6. The van der Waals surface area contributed by atoms with Crippen molar-refractivity contribution in [1.82, 2.24) is 4.90 Å². The fraction of sp³-hybridized carbons (Fsp3) is 0.250. The number of fused-ring (bicyclic) bond motifs is 1. The molecular formula is C20H16F3N3O2S. The second-order valence-corrected chi connectivity index (χ2v) is 7.43. The van der Waals surface area contributed by atoms with Gasteiger partial charge in [0, 0.05) is 11.4 Å². The number of thioether (sulfide) groups is 1. The predicted molar refractivity (Wildman–Crippen MR) is 102 cm³/mol. The van der Waals surface area contributed by atoms with Gasteiger partial charge in [-0.3, -0.25) is 9.59 Å². The van der Waals surface area contributed by atoms with Gasteiger partial charge in [-0.15, -0.1) is 11.8 Å². The number of hydrogen-bond acceptors (Lipinski definition) is 4. The van der Waals surface area contributed by atoms with Gasteiger partial charge in [-0.05, 0) is 29.8 Å². The minimum Gasteiger partial charge on any atom is -0.328 e. The van der Waals surface area contributed by atoms with Crippen molar-refractivity contribution in [1.29, 1.82) is 5.26 Å². The van der Waals surface area contributed by atoms with Crippen molar-refractivity contribution in [2.75, 3.05) is 23.7 Å². The fourth-order valence-electron chi connectivity index (χ4n) is 2.92. The standard InChI is InChI=1S/C20H16F3N3O2S/c21-20(22,23)13-25(10-15-7-5-14(9-24)6-8-15)18(27)11-26-16-3-1-2-4-17(16)29-12-19(26)28/h1-8H,10-13H2. The van der Waals surface area contributed by atoms with Crippen LogP contribution in [0.15, 0.2) is 53.4 Å². The number of amides is 2. The number of benzene rings is 2. The first-order chi connectivity index (χ1) is 13.8. The molecule has 0 fully saturated rings. The van der Waals surface area contributed by atoms with Crippen molar-refractivity contribution in [2.24, 2.45) is 0 Å². The lowest BCUT2D eigenvalue weighted by atomic mass is 10.1. The number of carbonyl (C=O) groups is 2. The largest absolute Gasteiger partial charge is 0.406 e. The van der Waals surface area contributed by atoms with E-state index in [0.717, 1.165) is 4.90 Å². The predicted octanol–water partition coefficient (Wildman–Crippen LogP) is 3.59. The maximum Gasteiger partial charge on any atom is 0.406 e. The number of hydrogen-bond donors (Lipinski definition) is 0. The van der Waals surface area contributed by atoms with E-state index < -0.39 is 25.2 Å². The number of anilines is 1. The Labute approximate surface area is 169 Å². The van der Waals surface area contributed by atoms with E-state index in [-0.39, 0.29) is 18.2 Å². The van der Waals surface area contributed by atoms with Gasteiger partial charge in [-0.25, -0.2) is 0 Å². The summed E-state index contributed by atoms with van der Waals surface area (Å²) in [6.07, 6.45) is -4.58. The number of halogens is 3. The van der Waals surface area contributed by atoms with Crippen molar-refractivity contribution in [3.05, 3.63) is 59.7 Å². The molecule has 2 aromatic rings. The lowest BCUT2D eigenvalue weighted by Crippen LogP contribution is -2.47. The topological polar surface area (TPSA) is 64.4 Å². The summed E-state index contributed by atoms with van der Waals surface area (Å²) in [7, 11) is 0. The molecule has 0 spiro atoms. The van der Waals surface area contributed by atoms with Gasteiger partial charge in [0.15, 0.2) is 0 Å². The first-order valence-electron chi connectivity index (χ1n) is 8.62. The van der Waals surface area contributed by atoms with Crippen LogP contribution >= 0.6 is 11.8 Å². The van der Waals surface area contributed by atoms with E-state index in [9.17, 15) is 22.8 Å². The number of carbonyl (C=O) groups excluding carboxylic acids is 2. The lowest BCUT2D eigenvalue weighted by Gasteiger charge is -2.31. The summed E-state index contributed by atoms with van der Waals surface area (Å²) < 4.78 is 39.2. The molecule has 0 saturated heterocycles. The fourth-order valence-corrected chi connectivity index (χ4v) is 3.85. The molecule has 1 heterocycles. The van der Waals surface area contributed by atoms with Gasteiger partial charge in [0.2, 0.25) is 11.8 Å². The summed E-state index contributed by atoms with van der Waals surface area (Å²) in [5, 5.41) is 8.84. The maximum absolute atomic E-state index is 13.1. The van der Waals surface area contributed by atoms with Crippen LogP contribution in [-0.2, 0) is 16.1 Å². The van der Waals surface area contributed by atoms with E-state index in [0.29, 0.717) is 21.7 Å². The van der Waals surface area contributed by atoms with Gasteiger partial charge in [0.25, 0.3) is 0 Å². The average Bonchev–Trinajstić information content (AvgIpc) is 2.69. The van der Waals surface area contributed by atoms with E-state index >= 15 is 0 Å². The van der Waals surface area contributed by atoms with E-state index in [2.05, 4.69) is 0 Å². The molecule has 2 amide bonds. The van der Waals surface area contributed by atoms with E-state index in [4.69, 9.17) is 5.26 Å². The quantitative estimate of drug-likeness (QED) is 0.743. The summed E-state index contributed by atoms with van der Waals surface area (Å²) in [6, 6.07) is 14.9. The van der Waals surface area contributed by atoms with Crippen LogP contribution < -0.4 is 4.90 Å². The Morgan fingerprint density at radius 3 is 2.52 bits per heavy atom. The Morgan fingerprint density at radius 2 is 1.86 bits per heavy atom. The van der Waals surface area contributed by atoms with Crippen molar-refractivity contribution in [3.8, 4) is 6.07 Å². The molecule has 0 atom stereocenters. The van der Waals surface area contributed by atoms with Crippen molar-refractivity contribution < 1.29 is 22.8 Å². The summed E-state index contributed by atoms with van der Waals surface area (Å²) in [4.78, 5) is 27.8. The van der Waals surface area contributed by atoms with Gasteiger partial charge < -0.3 is 9.80 Å². The third-order valence-electron chi connectivity index (χ3n) is 4.28. The van der Waals surface area contributed by atoms with Gasteiger partial charge in [0.05, 0.1) is 23.1 Å². The molecule has 0 saturated carbocycles. The van der Waals surface area contributed by atoms with E-state index in [1.807, 2.05) is 6.07 Å². The van der Waals surface area contributed by atoms with Gasteiger partial charge in [-0.2, -0.15) is 18.4 Å². The van der Waals surface area contributed by atoms with Gasteiger partial charge >= 0.3 is 6.18 Å². The highest BCUT2D eigenvalue weighted by atomic mass is 32.2. The molecule has 3 rings (SSSR count). The van der Waals surface area contributed by atoms with Crippen LogP contribution in [0, 0.1) is 11.3 Å². The average molecular weight is 419 g/mol. The lowest BCUT2D eigenvalue weighted by molar-refractivity contribution is -0.161. The summed E-state index contributed by atoms with van der Waals surface area (Å²) in [5.74, 6) is -1.01. The molecule has 0 unspecified atom stereocenters. The van der Waals surface area contributed by atoms with Crippen LogP contribution in [0.25, 0.3) is 0 Å². The van der Waals surface area contributed by atoms with Crippen LogP contribution in [-0.4, -0.2) is 41.7 Å². The van der Waals surface area contributed by atoms with Crippen LogP contribution in [0.3, 0.4) is 0 Å². The number of nitriles is 1. The maximum atomic E-state index is 13.1. The molecule has 0 aromatic heterocycles. The number of alkyl halides is 3. The molecule has 1 aliphatic heterocycles. The molecule has 2 aromatic carbocycles. The third-order valence-corrected chi connectivity index (χ3v) is 5.33. The minimum atomic E-state index is -4.58. The Balaban J connectivity index is 1.81. The molecule has 5 nitrogen and oxygen atoms in total. The molecule has 0 radical (unpaired) electrons. The first kappa shape index (κ1) is 20.7. The summed E-state index contributed by atoms with van der Waals surface area (Å²) in [6.45, 7) is -2.17. The summed E-state index contributed by atoms with van der Waals surface area (Å²) >= 11 is 1.33. The molecule has 0 aliphatic carbocycles. The molecule has 0 bridgehead atoms. The van der Waals surface area contributed by atoms with Gasteiger partial charge in [-0.1, -0.05) is 24.3 Å². The summed E-state index contributed by atoms with van der Waals surface area (Å²) in [5.41, 5.74) is 1.35. The van der Waals surface area contributed by atoms with Crippen LogP contribution in [0.5, 0.6) is 0 Å². The first-order valence-corrected chi connectivity index (χ1v) is 9.61. The van der Waals surface area contributed by atoms with Crippen LogP contribution in [0.2, 0.25) is 0 Å². The van der Waals surface area contributed by atoms with Gasteiger partial charge in [0.1, 0.15) is 13.1 Å². The Morgan fingerprint density at radius 1 is 1.17 bits per heavy atom. The Kier molecular flexibility index (Phi) is 6.13. The number of para-hydroxylation sites is 1. The smallest absolute Gasteiger partial charge is 0.328 e. The molecule has 9 heteroatoms. The second-order valence-electron chi connectivity index (χ2n) is 6.41. The minimum absolute atomic E-state index is 0.124. The zero-order chi connectivity index (χ0) is 21.0. The Bertz CT molecular complexity index is 955. The molecule has 1 aliphatic rings. The van der Waals surface area contributed by atoms with Crippen LogP contribution in [0.1, 0.15) is 11.1 Å². The molecular weight excluding hydrogens is 403 g/mol. The van der Waals surface area contributed by atoms with E-state index in [1.165, 1.54) is 40.9 Å². The van der Waals surface area contributed by atoms with Crippen molar-refractivity contribution >= 4 is 29.3 Å². The highest BCUT2D eigenvalue weighted by Crippen LogP contribution is 2.35. The highest BCUT2D eigenvalue weighted by molar-refractivity contribution is 8.00. The van der Waals surface area contributed by atoms with Crippen LogP contribution in [0.4, 0.5) is 18.9 Å². The zero-order valence-corrected chi connectivity index (χ0v) is 16.0. The number of rotatable bonds is 5. The van der Waals surface area contributed by atoms with Crippen molar-refractivity contribution in [2.45, 2.75) is 17.6 Å². The monoisotopic (exact) mass is 419 g/mol. The zero-order valence-electron chi connectivity index (χ0n) is 15.1. The van der Waals surface area contributed by atoms with Crippen molar-refractivity contribution in [3.63, 3.8) is 0 Å². The second kappa shape index (κ2) is 8.57. The SMILES string of the molecule is N#Cc1ccc(CN(CC(F)(F)F)C(=O)CN2C(=O)CSc3ccccc32)cc1. The number of nitrogens with zero attached hydrogens (tertiary/aromatic N) is 3. The third kappa shape index (κ3) is 5.29. The highest BCUT2D eigenvalue weighted by Gasteiger charge is 2.35. The molecule has 150 valence electrons. The molecule has 29 heavy (non-hydrogen) atoms. The molecule has 0 N–H and O–H groups in total.